The number of hydrogen-bond donors (Lipinski definition) is 1. The molecule has 90 valence electrons. The van der Waals surface area contributed by atoms with Crippen molar-refractivity contribution in [1.29, 1.82) is 0 Å². The van der Waals surface area contributed by atoms with E-state index < -0.39 is 5.97 Å². The molecule has 2 aromatic heterocycles. The fraction of sp³-hybridized carbons (Fsp3) is 0.0769. The summed E-state index contributed by atoms with van der Waals surface area (Å²) in [5.74, 6) is -0.997. The summed E-state index contributed by atoms with van der Waals surface area (Å²) in [4.78, 5) is 11.2. The molecule has 1 N–H and O–H groups in total. The zero-order valence-corrected chi connectivity index (χ0v) is 9.62. The summed E-state index contributed by atoms with van der Waals surface area (Å²) in [7, 11) is 1.69. The van der Waals surface area contributed by atoms with Crippen LogP contribution >= 0.6 is 0 Å². The van der Waals surface area contributed by atoms with Gasteiger partial charge >= 0.3 is 5.97 Å². The molecule has 0 fully saturated rings. The second-order valence-electron chi connectivity index (χ2n) is 4.02. The molecule has 0 aliphatic carbocycles. The molecular formula is C13H10N2O3. The van der Waals surface area contributed by atoms with E-state index in [0.717, 1.165) is 11.0 Å². The predicted octanol–water partition coefficient (Wildman–Crippen LogP) is 2.53. The molecule has 0 unspecified atom stereocenters. The van der Waals surface area contributed by atoms with Crippen LogP contribution in [0.3, 0.4) is 0 Å². The minimum absolute atomic E-state index is 0.170. The van der Waals surface area contributed by atoms with Gasteiger partial charge in [-0.05, 0) is 6.07 Å². The van der Waals surface area contributed by atoms with E-state index in [4.69, 9.17) is 9.52 Å². The number of nitrogens with zero attached hydrogens (tertiary/aromatic N) is 2. The molecule has 3 aromatic rings. The van der Waals surface area contributed by atoms with Gasteiger partial charge in [0.05, 0.1) is 0 Å². The first-order valence-electron chi connectivity index (χ1n) is 5.40. The number of aryl methyl sites for hydroxylation is 1. The van der Waals surface area contributed by atoms with Crippen molar-refractivity contribution in [2.24, 2.45) is 7.05 Å². The van der Waals surface area contributed by atoms with Gasteiger partial charge in [-0.3, -0.25) is 4.68 Å². The Morgan fingerprint density at radius 3 is 2.94 bits per heavy atom. The summed E-state index contributed by atoms with van der Waals surface area (Å²) in [6, 6.07) is 7.47. The van der Waals surface area contributed by atoms with E-state index in [2.05, 4.69) is 5.10 Å². The van der Waals surface area contributed by atoms with Gasteiger partial charge in [-0.25, -0.2) is 4.79 Å². The van der Waals surface area contributed by atoms with Gasteiger partial charge in [0.15, 0.2) is 0 Å². The van der Waals surface area contributed by atoms with E-state index in [1.165, 1.54) is 10.9 Å². The topological polar surface area (TPSA) is 68.3 Å². The number of carboxylic acids is 1. The minimum atomic E-state index is -0.997. The van der Waals surface area contributed by atoms with Crippen molar-refractivity contribution in [3.63, 3.8) is 0 Å². The molecule has 1 aromatic carbocycles. The number of furan rings is 1. The van der Waals surface area contributed by atoms with Crippen molar-refractivity contribution in [3.05, 3.63) is 42.3 Å². The molecule has 0 saturated heterocycles. The SMILES string of the molecule is Cn1cc(C(=O)O)c(-c2coc3ccccc23)n1. The monoisotopic (exact) mass is 242 g/mol. The number of carboxylic acid groups (broad SMARTS) is 1. The molecule has 0 saturated carbocycles. The number of rotatable bonds is 2. The standard InChI is InChI=1S/C13H10N2O3/c1-15-6-9(13(16)17)12(14-15)10-7-18-11-5-3-2-4-8(10)11/h2-7H,1H3,(H,16,17). The summed E-state index contributed by atoms with van der Waals surface area (Å²) >= 11 is 0. The molecule has 0 atom stereocenters. The molecule has 18 heavy (non-hydrogen) atoms. The van der Waals surface area contributed by atoms with Gasteiger partial charge in [-0.2, -0.15) is 5.10 Å². The number of aromatic carboxylic acids is 1. The quantitative estimate of drug-likeness (QED) is 0.749. The molecule has 0 aliphatic heterocycles. The zero-order valence-electron chi connectivity index (χ0n) is 9.62. The molecule has 0 bridgehead atoms. The second kappa shape index (κ2) is 3.73. The maximum atomic E-state index is 11.2. The molecule has 5 heteroatoms. The normalized spacial score (nSPS) is 10.9. The summed E-state index contributed by atoms with van der Waals surface area (Å²) in [6.45, 7) is 0. The molecule has 0 amide bonds. The van der Waals surface area contributed by atoms with E-state index in [1.807, 2.05) is 24.3 Å². The van der Waals surface area contributed by atoms with Gasteiger partial charge < -0.3 is 9.52 Å². The largest absolute Gasteiger partial charge is 0.478 e. The Morgan fingerprint density at radius 2 is 2.17 bits per heavy atom. The Balaban J connectivity index is 2.29. The van der Waals surface area contributed by atoms with E-state index in [9.17, 15) is 4.79 Å². The lowest BCUT2D eigenvalue weighted by Gasteiger charge is -1.95. The average molecular weight is 242 g/mol. The molecule has 0 spiro atoms. The summed E-state index contributed by atoms with van der Waals surface area (Å²) in [5.41, 5.74) is 2.01. The van der Waals surface area contributed by atoms with Crippen LogP contribution < -0.4 is 0 Å². The fourth-order valence-corrected chi connectivity index (χ4v) is 2.01. The lowest BCUT2D eigenvalue weighted by Crippen LogP contribution is -1.96. The highest BCUT2D eigenvalue weighted by Crippen LogP contribution is 2.31. The van der Waals surface area contributed by atoms with Crippen LogP contribution in [-0.4, -0.2) is 20.9 Å². The molecule has 0 aliphatic rings. The van der Waals surface area contributed by atoms with E-state index in [1.54, 1.807) is 13.3 Å². The van der Waals surface area contributed by atoms with Crippen molar-refractivity contribution in [3.8, 4) is 11.3 Å². The zero-order chi connectivity index (χ0) is 12.7. The van der Waals surface area contributed by atoms with Crippen LogP contribution in [0.25, 0.3) is 22.2 Å². The first-order valence-corrected chi connectivity index (χ1v) is 5.40. The summed E-state index contributed by atoms with van der Waals surface area (Å²) < 4.78 is 6.89. The molecule has 5 nitrogen and oxygen atoms in total. The third-order valence-electron chi connectivity index (χ3n) is 2.80. The van der Waals surface area contributed by atoms with Crippen LogP contribution in [0.15, 0.2) is 41.1 Å². The third-order valence-corrected chi connectivity index (χ3v) is 2.80. The average Bonchev–Trinajstić information content (AvgIpc) is 2.92. The Kier molecular flexibility index (Phi) is 2.19. The van der Waals surface area contributed by atoms with Gasteiger partial charge in [0, 0.05) is 24.2 Å². The predicted molar refractivity (Wildman–Crippen MR) is 65.4 cm³/mol. The lowest BCUT2D eigenvalue weighted by molar-refractivity contribution is 0.0697. The van der Waals surface area contributed by atoms with Crippen LogP contribution in [0.4, 0.5) is 0 Å². The van der Waals surface area contributed by atoms with Crippen LogP contribution in [-0.2, 0) is 7.05 Å². The maximum absolute atomic E-state index is 11.2. The van der Waals surface area contributed by atoms with Crippen LogP contribution in [0.1, 0.15) is 10.4 Å². The Labute approximate surface area is 102 Å². The summed E-state index contributed by atoms with van der Waals surface area (Å²) in [5, 5.41) is 14.2. The third kappa shape index (κ3) is 1.48. The highest BCUT2D eigenvalue weighted by Gasteiger charge is 2.19. The molecular weight excluding hydrogens is 232 g/mol. The van der Waals surface area contributed by atoms with Crippen LogP contribution in [0.5, 0.6) is 0 Å². The number of benzene rings is 1. The van der Waals surface area contributed by atoms with Crippen molar-refractivity contribution in [2.45, 2.75) is 0 Å². The van der Waals surface area contributed by atoms with E-state index in [0.29, 0.717) is 11.3 Å². The van der Waals surface area contributed by atoms with Gasteiger partial charge in [0.1, 0.15) is 23.1 Å². The van der Waals surface area contributed by atoms with Crippen LogP contribution in [0, 0.1) is 0 Å². The van der Waals surface area contributed by atoms with Crippen LogP contribution in [0.2, 0.25) is 0 Å². The van der Waals surface area contributed by atoms with E-state index in [-0.39, 0.29) is 5.56 Å². The van der Waals surface area contributed by atoms with Crippen molar-refractivity contribution < 1.29 is 14.3 Å². The number of carbonyl (C=O) groups is 1. The van der Waals surface area contributed by atoms with E-state index >= 15 is 0 Å². The molecule has 3 rings (SSSR count). The number of fused-ring (bicyclic) bond motifs is 1. The number of para-hydroxylation sites is 1. The van der Waals surface area contributed by atoms with Gasteiger partial charge in [-0.15, -0.1) is 0 Å². The minimum Gasteiger partial charge on any atom is -0.478 e. The number of hydrogen-bond acceptors (Lipinski definition) is 3. The highest BCUT2D eigenvalue weighted by atomic mass is 16.4. The maximum Gasteiger partial charge on any atom is 0.339 e. The van der Waals surface area contributed by atoms with Gasteiger partial charge in [0.25, 0.3) is 0 Å². The van der Waals surface area contributed by atoms with Crippen molar-refractivity contribution >= 4 is 16.9 Å². The summed E-state index contributed by atoms with van der Waals surface area (Å²) in [6.07, 6.45) is 3.03. The molecule has 2 heterocycles. The highest BCUT2D eigenvalue weighted by molar-refractivity contribution is 6.01. The van der Waals surface area contributed by atoms with Crippen molar-refractivity contribution in [2.75, 3.05) is 0 Å². The number of aromatic nitrogens is 2. The van der Waals surface area contributed by atoms with Crippen molar-refractivity contribution in [1.82, 2.24) is 9.78 Å². The molecule has 0 radical (unpaired) electrons. The fourth-order valence-electron chi connectivity index (χ4n) is 2.01. The Bertz CT molecular complexity index is 740. The first kappa shape index (κ1) is 10.6. The smallest absolute Gasteiger partial charge is 0.339 e. The van der Waals surface area contributed by atoms with Gasteiger partial charge in [-0.1, -0.05) is 18.2 Å². The van der Waals surface area contributed by atoms with Gasteiger partial charge in [0.2, 0.25) is 0 Å². The lowest BCUT2D eigenvalue weighted by atomic mass is 10.1. The second-order valence-corrected chi connectivity index (χ2v) is 4.02. The first-order chi connectivity index (χ1) is 8.66. The Morgan fingerprint density at radius 1 is 1.39 bits per heavy atom. The Hall–Kier alpha value is -2.56.